The predicted octanol–water partition coefficient (Wildman–Crippen LogP) is 1.88. The second-order valence-corrected chi connectivity index (χ2v) is 5.60. The minimum Gasteiger partial charge on any atom is -0.508 e. The summed E-state index contributed by atoms with van der Waals surface area (Å²) in [6.45, 7) is 0. The minimum atomic E-state index is -1.10. The van der Waals surface area contributed by atoms with Gasteiger partial charge in [0.05, 0.1) is 0 Å². The number of Topliss-reactive ketones (excluding diaryl/α,β-unsaturated/α-hetero) is 1. The van der Waals surface area contributed by atoms with Crippen molar-refractivity contribution in [2.45, 2.75) is 9.68 Å². The normalized spacial score (nSPS) is 33.2. The van der Waals surface area contributed by atoms with Crippen LogP contribution in [0, 0.1) is 0 Å². The Bertz CT molecular complexity index is 546. The number of hydrogen-bond donors (Lipinski definition) is 2. The van der Waals surface area contributed by atoms with Crippen molar-refractivity contribution in [2.24, 2.45) is 0 Å². The molecule has 1 saturated heterocycles. The monoisotopic (exact) mass is 246 g/mol. The van der Waals surface area contributed by atoms with E-state index in [4.69, 9.17) is 0 Å². The van der Waals surface area contributed by atoms with Gasteiger partial charge in [0, 0.05) is 5.56 Å². The summed E-state index contributed by atoms with van der Waals surface area (Å²) >= 11 is 1.23. The Morgan fingerprint density at radius 3 is 2.41 bits per heavy atom. The van der Waals surface area contributed by atoms with Gasteiger partial charge in [-0.2, -0.15) is 0 Å². The van der Waals surface area contributed by atoms with E-state index in [-0.39, 0.29) is 11.5 Å². The molecule has 2 atom stereocenters. The average Bonchev–Trinajstić information content (AvgIpc) is 2.97. The molecule has 0 radical (unpaired) electrons. The van der Waals surface area contributed by atoms with Crippen LogP contribution in [0.25, 0.3) is 0 Å². The molecule has 1 aromatic carbocycles. The highest BCUT2D eigenvalue weighted by Crippen LogP contribution is 2.66. The van der Waals surface area contributed by atoms with Gasteiger partial charge in [-0.15, -0.1) is 0 Å². The van der Waals surface area contributed by atoms with Gasteiger partial charge in [0.15, 0.2) is 10.7 Å². The second kappa shape index (κ2) is 3.24. The maximum absolute atomic E-state index is 12.3. The number of hydrogen-bond acceptors (Lipinski definition) is 4. The first-order valence-electron chi connectivity index (χ1n) is 5.21. The zero-order chi connectivity index (χ0) is 12.1. The van der Waals surface area contributed by atoms with Crippen molar-refractivity contribution in [3.05, 3.63) is 54.1 Å². The Balaban J connectivity index is 1.97. The Labute approximate surface area is 102 Å². The van der Waals surface area contributed by atoms with Gasteiger partial charge in [0.1, 0.15) is 10.5 Å². The summed E-state index contributed by atoms with van der Waals surface area (Å²) in [5.41, 5.74) is 0.492. The van der Waals surface area contributed by atoms with Crippen LogP contribution in [0.1, 0.15) is 10.4 Å². The van der Waals surface area contributed by atoms with Crippen LogP contribution in [0.15, 0.2) is 48.6 Å². The molecule has 17 heavy (non-hydrogen) atoms. The molecule has 1 aliphatic heterocycles. The van der Waals surface area contributed by atoms with Crippen molar-refractivity contribution in [2.75, 3.05) is 0 Å². The standard InChI is InChI=1S/C13H10O3S/c14-10-5-3-9(4-6-10)11(15)12-7-1-2-8-13(12,16)17-12/h1-8,14,16H. The van der Waals surface area contributed by atoms with Gasteiger partial charge in [0.2, 0.25) is 0 Å². The van der Waals surface area contributed by atoms with Gasteiger partial charge in [-0.05, 0) is 30.3 Å². The van der Waals surface area contributed by atoms with E-state index in [9.17, 15) is 15.0 Å². The van der Waals surface area contributed by atoms with Crippen LogP contribution in [0.4, 0.5) is 0 Å². The maximum atomic E-state index is 12.3. The van der Waals surface area contributed by atoms with E-state index in [0.29, 0.717) is 5.56 Å². The number of fused-ring (bicyclic) bond motifs is 1. The zero-order valence-corrected chi connectivity index (χ0v) is 9.65. The summed E-state index contributed by atoms with van der Waals surface area (Å²) in [6, 6.07) is 6.08. The van der Waals surface area contributed by atoms with Crippen molar-refractivity contribution >= 4 is 17.5 Å². The van der Waals surface area contributed by atoms with Crippen LogP contribution >= 0.6 is 11.8 Å². The number of rotatable bonds is 2. The Hall–Kier alpha value is -1.52. The van der Waals surface area contributed by atoms with Crippen molar-refractivity contribution < 1.29 is 15.0 Å². The van der Waals surface area contributed by atoms with Gasteiger partial charge in [-0.25, -0.2) is 0 Å². The molecule has 86 valence electrons. The topological polar surface area (TPSA) is 57.5 Å². The Kier molecular flexibility index (Phi) is 2.03. The molecule has 1 aliphatic carbocycles. The molecule has 1 aromatic rings. The molecule has 1 fully saturated rings. The van der Waals surface area contributed by atoms with Gasteiger partial charge < -0.3 is 10.2 Å². The molecule has 1 heterocycles. The fourth-order valence-corrected chi connectivity index (χ4v) is 3.19. The lowest BCUT2D eigenvalue weighted by Gasteiger charge is -2.14. The van der Waals surface area contributed by atoms with E-state index in [1.165, 1.54) is 23.9 Å². The minimum absolute atomic E-state index is 0.122. The summed E-state index contributed by atoms with van der Waals surface area (Å²) < 4.78 is -0.876. The first-order chi connectivity index (χ1) is 8.07. The van der Waals surface area contributed by atoms with Crippen molar-refractivity contribution in [3.63, 3.8) is 0 Å². The maximum Gasteiger partial charge on any atom is 0.187 e. The van der Waals surface area contributed by atoms with Gasteiger partial charge in [-0.3, -0.25) is 4.79 Å². The zero-order valence-electron chi connectivity index (χ0n) is 8.83. The SMILES string of the molecule is O=C(c1ccc(O)cc1)C12C=CC=CC1(O)S2. The predicted molar refractivity (Wildman–Crippen MR) is 66.0 cm³/mol. The Morgan fingerprint density at radius 1 is 1.12 bits per heavy atom. The highest BCUT2D eigenvalue weighted by atomic mass is 32.2. The van der Waals surface area contributed by atoms with Crippen molar-refractivity contribution in [3.8, 4) is 5.75 Å². The lowest BCUT2D eigenvalue weighted by atomic mass is 9.89. The van der Waals surface area contributed by atoms with Crippen LogP contribution in [0.2, 0.25) is 0 Å². The Morgan fingerprint density at radius 2 is 1.76 bits per heavy atom. The molecule has 0 bridgehead atoms. The molecule has 3 nitrogen and oxygen atoms in total. The number of thioether (sulfide) groups is 1. The fourth-order valence-electron chi connectivity index (χ4n) is 2.02. The number of phenolic OH excluding ortho intramolecular Hbond substituents is 1. The third-order valence-electron chi connectivity index (χ3n) is 3.04. The van der Waals surface area contributed by atoms with Gasteiger partial charge >= 0.3 is 0 Å². The molecule has 3 rings (SSSR count). The second-order valence-electron chi connectivity index (χ2n) is 4.13. The smallest absolute Gasteiger partial charge is 0.187 e. The number of aromatic hydroxyl groups is 1. The number of ketones is 1. The molecular weight excluding hydrogens is 236 g/mol. The van der Waals surface area contributed by atoms with Crippen LogP contribution < -0.4 is 0 Å². The van der Waals surface area contributed by atoms with Crippen molar-refractivity contribution in [1.82, 2.24) is 0 Å². The van der Waals surface area contributed by atoms with E-state index in [0.717, 1.165) is 0 Å². The lowest BCUT2D eigenvalue weighted by Crippen LogP contribution is -2.32. The molecule has 4 heteroatoms. The molecule has 2 aliphatic rings. The molecular formula is C13H10O3S. The van der Waals surface area contributed by atoms with Crippen LogP contribution in [0.5, 0.6) is 5.75 Å². The van der Waals surface area contributed by atoms with E-state index in [1.54, 1.807) is 36.4 Å². The number of allylic oxidation sites excluding steroid dienone is 2. The van der Waals surface area contributed by atoms with E-state index >= 15 is 0 Å². The molecule has 2 unspecified atom stereocenters. The fraction of sp³-hybridized carbons (Fsp3) is 0.154. The van der Waals surface area contributed by atoms with Crippen LogP contribution in [0.3, 0.4) is 0 Å². The molecule has 0 aromatic heterocycles. The first kappa shape index (κ1) is 10.6. The van der Waals surface area contributed by atoms with Crippen LogP contribution in [-0.2, 0) is 0 Å². The summed E-state index contributed by atoms with van der Waals surface area (Å²) in [4.78, 5) is 11.2. The lowest BCUT2D eigenvalue weighted by molar-refractivity contribution is 0.0907. The summed E-state index contributed by atoms with van der Waals surface area (Å²) in [5, 5.41) is 19.3. The van der Waals surface area contributed by atoms with Gasteiger partial charge in [-0.1, -0.05) is 30.0 Å². The summed E-state index contributed by atoms with van der Waals surface area (Å²) in [7, 11) is 0. The number of carbonyl (C=O) groups is 1. The molecule has 0 saturated carbocycles. The number of carbonyl (C=O) groups excluding carboxylic acids is 1. The molecule has 2 N–H and O–H groups in total. The molecule has 0 spiro atoms. The average molecular weight is 246 g/mol. The molecule has 0 amide bonds. The summed E-state index contributed by atoms with van der Waals surface area (Å²) in [5.74, 6) is -0.0116. The van der Waals surface area contributed by atoms with E-state index in [2.05, 4.69) is 0 Å². The van der Waals surface area contributed by atoms with E-state index < -0.39 is 9.68 Å². The first-order valence-corrected chi connectivity index (χ1v) is 6.02. The number of phenols is 1. The highest BCUT2D eigenvalue weighted by Gasteiger charge is 2.71. The quantitative estimate of drug-likeness (QED) is 0.618. The summed E-state index contributed by atoms with van der Waals surface area (Å²) in [6.07, 6.45) is 6.87. The largest absolute Gasteiger partial charge is 0.508 e. The third kappa shape index (κ3) is 1.38. The van der Waals surface area contributed by atoms with Gasteiger partial charge in [0.25, 0.3) is 0 Å². The number of benzene rings is 1. The number of aliphatic hydroxyl groups is 1. The highest BCUT2D eigenvalue weighted by molar-refractivity contribution is 8.10. The van der Waals surface area contributed by atoms with Crippen molar-refractivity contribution in [1.29, 1.82) is 0 Å². The van der Waals surface area contributed by atoms with E-state index in [1.807, 2.05) is 0 Å². The van der Waals surface area contributed by atoms with Crippen LogP contribution in [-0.4, -0.2) is 25.7 Å². The third-order valence-corrected chi connectivity index (χ3v) is 4.56.